The van der Waals surface area contributed by atoms with Crippen LogP contribution in [0, 0.1) is 23.0 Å². The molecular formula is C19H12F2N4O. The van der Waals surface area contributed by atoms with Gasteiger partial charge in [0.1, 0.15) is 17.5 Å². The molecule has 5 nitrogen and oxygen atoms in total. The summed E-state index contributed by atoms with van der Waals surface area (Å²) in [5.41, 5.74) is 1.24. The number of hydrogen-bond acceptors (Lipinski definition) is 4. The Morgan fingerprint density at radius 1 is 1.08 bits per heavy atom. The smallest absolute Gasteiger partial charge is 0.255 e. The number of pyridine rings is 1. The molecule has 0 saturated heterocycles. The van der Waals surface area contributed by atoms with Gasteiger partial charge in [-0.1, -0.05) is 6.07 Å². The molecule has 0 unspecified atom stereocenters. The highest BCUT2D eigenvalue weighted by atomic mass is 19.1. The molecule has 0 aliphatic heterocycles. The Morgan fingerprint density at radius 2 is 1.92 bits per heavy atom. The van der Waals surface area contributed by atoms with Gasteiger partial charge < -0.3 is 10.6 Å². The standard InChI is InChI=1S/C19H12F2N4O/c20-14-4-5-17(16(21)10-14)25-19(26)13-6-7-23-18(9-13)24-15-3-1-2-12(8-15)11-22/h1-10H,(H,23,24)(H,25,26). The molecule has 7 heteroatoms. The van der Waals surface area contributed by atoms with Gasteiger partial charge in [0.2, 0.25) is 0 Å². The molecule has 1 heterocycles. The Hall–Kier alpha value is -3.79. The number of halogens is 2. The zero-order chi connectivity index (χ0) is 18.5. The van der Waals surface area contributed by atoms with Crippen molar-refractivity contribution in [3.05, 3.63) is 83.6 Å². The van der Waals surface area contributed by atoms with Crippen molar-refractivity contribution in [2.24, 2.45) is 0 Å². The van der Waals surface area contributed by atoms with Crippen LogP contribution in [0.4, 0.5) is 26.0 Å². The van der Waals surface area contributed by atoms with Crippen LogP contribution in [0.3, 0.4) is 0 Å². The third-order valence-electron chi connectivity index (χ3n) is 3.47. The number of nitrogens with one attached hydrogen (secondary N) is 2. The van der Waals surface area contributed by atoms with E-state index in [2.05, 4.69) is 15.6 Å². The van der Waals surface area contributed by atoms with Crippen molar-refractivity contribution in [2.75, 3.05) is 10.6 Å². The van der Waals surface area contributed by atoms with E-state index in [1.54, 1.807) is 24.3 Å². The fraction of sp³-hybridized carbons (Fsp3) is 0. The predicted molar refractivity (Wildman–Crippen MR) is 93.0 cm³/mol. The predicted octanol–water partition coefficient (Wildman–Crippen LogP) is 4.23. The summed E-state index contributed by atoms with van der Waals surface area (Å²) >= 11 is 0. The van der Waals surface area contributed by atoms with Gasteiger partial charge in [-0.3, -0.25) is 4.79 Å². The minimum Gasteiger partial charge on any atom is -0.340 e. The van der Waals surface area contributed by atoms with Gasteiger partial charge in [-0.05, 0) is 42.5 Å². The van der Waals surface area contributed by atoms with Crippen molar-refractivity contribution in [1.82, 2.24) is 4.98 Å². The van der Waals surface area contributed by atoms with E-state index in [4.69, 9.17) is 5.26 Å². The summed E-state index contributed by atoms with van der Waals surface area (Å²) in [4.78, 5) is 16.4. The largest absolute Gasteiger partial charge is 0.340 e. The second-order valence-corrected chi connectivity index (χ2v) is 5.33. The molecule has 0 bridgehead atoms. The Labute approximate surface area is 147 Å². The van der Waals surface area contributed by atoms with Crippen LogP contribution in [0.2, 0.25) is 0 Å². The average molecular weight is 350 g/mol. The van der Waals surface area contributed by atoms with E-state index >= 15 is 0 Å². The van der Waals surface area contributed by atoms with Crippen molar-refractivity contribution in [3.8, 4) is 6.07 Å². The summed E-state index contributed by atoms with van der Waals surface area (Å²) < 4.78 is 26.6. The molecule has 2 aromatic carbocycles. The number of rotatable bonds is 4. The first-order valence-electron chi connectivity index (χ1n) is 7.55. The fourth-order valence-corrected chi connectivity index (χ4v) is 2.24. The van der Waals surface area contributed by atoms with Gasteiger partial charge in [0.25, 0.3) is 5.91 Å². The van der Waals surface area contributed by atoms with Gasteiger partial charge in [0.15, 0.2) is 0 Å². The Kier molecular flexibility index (Phi) is 4.85. The first-order chi connectivity index (χ1) is 12.5. The number of benzene rings is 2. The molecule has 128 valence electrons. The first-order valence-corrected chi connectivity index (χ1v) is 7.55. The lowest BCUT2D eigenvalue weighted by Gasteiger charge is -2.09. The van der Waals surface area contributed by atoms with Gasteiger partial charge in [-0.15, -0.1) is 0 Å². The highest BCUT2D eigenvalue weighted by molar-refractivity contribution is 6.04. The third kappa shape index (κ3) is 3.99. The molecule has 1 amide bonds. The van der Waals surface area contributed by atoms with Crippen molar-refractivity contribution < 1.29 is 13.6 Å². The molecule has 3 rings (SSSR count). The van der Waals surface area contributed by atoms with Crippen LogP contribution in [-0.4, -0.2) is 10.9 Å². The second-order valence-electron chi connectivity index (χ2n) is 5.33. The van der Waals surface area contributed by atoms with Crippen molar-refractivity contribution in [1.29, 1.82) is 5.26 Å². The number of nitriles is 1. The molecule has 0 atom stereocenters. The van der Waals surface area contributed by atoms with Crippen LogP contribution in [-0.2, 0) is 0 Å². The van der Waals surface area contributed by atoms with E-state index < -0.39 is 17.5 Å². The summed E-state index contributed by atoms with van der Waals surface area (Å²) in [5.74, 6) is -1.77. The monoisotopic (exact) mass is 350 g/mol. The van der Waals surface area contributed by atoms with E-state index in [1.165, 1.54) is 18.3 Å². The van der Waals surface area contributed by atoms with Crippen molar-refractivity contribution in [2.45, 2.75) is 0 Å². The van der Waals surface area contributed by atoms with E-state index in [0.717, 1.165) is 12.1 Å². The lowest BCUT2D eigenvalue weighted by atomic mass is 10.2. The SMILES string of the molecule is N#Cc1cccc(Nc2cc(C(=O)Nc3ccc(F)cc3F)ccn2)c1. The summed E-state index contributed by atoms with van der Waals surface area (Å²) in [6, 6.07) is 14.7. The van der Waals surface area contributed by atoms with Crippen LogP contribution in [0.15, 0.2) is 60.8 Å². The maximum absolute atomic E-state index is 13.7. The molecule has 26 heavy (non-hydrogen) atoms. The summed E-state index contributed by atoms with van der Waals surface area (Å²) in [6.45, 7) is 0. The molecule has 0 spiro atoms. The highest BCUT2D eigenvalue weighted by Crippen LogP contribution is 2.19. The first kappa shape index (κ1) is 17.0. The van der Waals surface area contributed by atoms with E-state index in [0.29, 0.717) is 23.1 Å². The van der Waals surface area contributed by atoms with Gasteiger partial charge >= 0.3 is 0 Å². The normalized spacial score (nSPS) is 10.0. The Bertz CT molecular complexity index is 1010. The summed E-state index contributed by atoms with van der Waals surface area (Å²) in [5, 5.41) is 14.3. The van der Waals surface area contributed by atoms with Gasteiger partial charge in [-0.25, -0.2) is 13.8 Å². The Balaban J connectivity index is 1.78. The van der Waals surface area contributed by atoms with Gasteiger partial charge in [0.05, 0.1) is 17.3 Å². The van der Waals surface area contributed by atoms with Gasteiger partial charge in [-0.2, -0.15) is 5.26 Å². The second kappa shape index (κ2) is 7.40. The zero-order valence-electron chi connectivity index (χ0n) is 13.3. The maximum Gasteiger partial charge on any atom is 0.255 e. The zero-order valence-corrected chi connectivity index (χ0v) is 13.3. The van der Waals surface area contributed by atoms with Crippen LogP contribution >= 0.6 is 0 Å². The molecule has 0 fully saturated rings. The minimum atomic E-state index is -0.862. The van der Waals surface area contributed by atoms with Crippen LogP contribution < -0.4 is 10.6 Å². The molecule has 2 N–H and O–H groups in total. The average Bonchev–Trinajstić information content (AvgIpc) is 2.64. The Morgan fingerprint density at radius 3 is 2.69 bits per heavy atom. The number of aromatic nitrogens is 1. The molecule has 0 aliphatic carbocycles. The quantitative estimate of drug-likeness (QED) is 0.738. The number of amides is 1. The molecule has 0 saturated carbocycles. The lowest BCUT2D eigenvalue weighted by Crippen LogP contribution is -2.13. The highest BCUT2D eigenvalue weighted by Gasteiger charge is 2.11. The van der Waals surface area contributed by atoms with Gasteiger partial charge in [0, 0.05) is 23.5 Å². The maximum atomic E-state index is 13.7. The topological polar surface area (TPSA) is 77.8 Å². The molecule has 1 aromatic heterocycles. The van der Waals surface area contributed by atoms with Crippen molar-refractivity contribution in [3.63, 3.8) is 0 Å². The van der Waals surface area contributed by atoms with E-state index in [1.807, 2.05) is 6.07 Å². The van der Waals surface area contributed by atoms with Crippen LogP contribution in [0.25, 0.3) is 0 Å². The third-order valence-corrected chi connectivity index (χ3v) is 3.47. The molecule has 3 aromatic rings. The molecule has 0 radical (unpaired) electrons. The molecular weight excluding hydrogens is 338 g/mol. The van der Waals surface area contributed by atoms with Crippen LogP contribution in [0.5, 0.6) is 0 Å². The number of anilines is 3. The van der Waals surface area contributed by atoms with Crippen molar-refractivity contribution >= 4 is 23.1 Å². The molecule has 0 aliphatic rings. The van der Waals surface area contributed by atoms with E-state index in [-0.39, 0.29) is 11.3 Å². The summed E-state index contributed by atoms with van der Waals surface area (Å²) in [6.07, 6.45) is 1.42. The number of hydrogen-bond donors (Lipinski definition) is 2. The summed E-state index contributed by atoms with van der Waals surface area (Å²) in [7, 11) is 0. The van der Waals surface area contributed by atoms with Crippen LogP contribution in [0.1, 0.15) is 15.9 Å². The lowest BCUT2D eigenvalue weighted by molar-refractivity contribution is 0.102. The number of carbonyl (C=O) groups is 1. The number of nitrogens with zero attached hydrogens (tertiary/aromatic N) is 2. The minimum absolute atomic E-state index is 0.121. The fourth-order valence-electron chi connectivity index (χ4n) is 2.24. The van der Waals surface area contributed by atoms with E-state index in [9.17, 15) is 13.6 Å². The number of carbonyl (C=O) groups excluding carboxylic acids is 1.